The van der Waals surface area contributed by atoms with Crippen molar-refractivity contribution < 1.29 is 10.0 Å². The fourth-order valence-corrected chi connectivity index (χ4v) is 1.50. The monoisotopic (exact) mass is 256 g/mol. The van der Waals surface area contributed by atoms with Crippen LogP contribution in [0.5, 0.6) is 0 Å². The van der Waals surface area contributed by atoms with Crippen LogP contribution in [-0.2, 0) is 0 Å². The van der Waals surface area contributed by atoms with Crippen molar-refractivity contribution in [2.24, 2.45) is 5.84 Å². The Kier molecular flexibility index (Phi) is 3.99. The average molecular weight is 256 g/mol. The summed E-state index contributed by atoms with van der Waals surface area (Å²) < 4.78 is 0. The van der Waals surface area contributed by atoms with Gasteiger partial charge in [-0.2, -0.15) is 4.98 Å². The smallest absolute Gasteiger partial charge is 0.329 e. The minimum atomic E-state index is -1.01. The summed E-state index contributed by atoms with van der Waals surface area (Å²) in [5, 5.41) is 20.6. The van der Waals surface area contributed by atoms with Gasteiger partial charge in [0.15, 0.2) is 0 Å². The van der Waals surface area contributed by atoms with Gasteiger partial charge in [-0.25, -0.2) is 10.8 Å². The molecular formula is C9H16N6O3. The first-order valence-electron chi connectivity index (χ1n) is 5.16. The number of hydrogen-bond donors (Lipinski definition) is 3. The molecule has 0 bridgehead atoms. The first kappa shape index (κ1) is 14.1. The number of anilines is 2. The van der Waals surface area contributed by atoms with Gasteiger partial charge in [0.2, 0.25) is 11.8 Å². The van der Waals surface area contributed by atoms with E-state index < -0.39 is 10.5 Å². The van der Waals surface area contributed by atoms with Crippen molar-refractivity contribution in [2.45, 2.75) is 19.4 Å². The first-order valence-corrected chi connectivity index (χ1v) is 5.16. The second kappa shape index (κ2) is 5.10. The summed E-state index contributed by atoms with van der Waals surface area (Å²) in [6.45, 7) is 3.37. The van der Waals surface area contributed by atoms with Crippen LogP contribution in [0.15, 0.2) is 6.20 Å². The third-order valence-corrected chi connectivity index (χ3v) is 2.06. The van der Waals surface area contributed by atoms with Crippen molar-refractivity contribution >= 4 is 17.5 Å². The van der Waals surface area contributed by atoms with Gasteiger partial charge in [-0.3, -0.25) is 15.5 Å². The molecule has 4 N–H and O–H groups in total. The molecule has 0 unspecified atom stereocenters. The Balaban J connectivity index is 3.14. The van der Waals surface area contributed by atoms with E-state index in [1.165, 1.54) is 4.90 Å². The molecule has 0 fully saturated rings. The Labute approximate surface area is 104 Å². The van der Waals surface area contributed by atoms with E-state index in [0.29, 0.717) is 0 Å². The Bertz CT molecular complexity index is 444. The SMILES string of the molecule is CN(CC(C)(C)O)c1nc(NN)ncc1[N+](=O)[O-]. The molecule has 1 aromatic rings. The molecule has 0 atom stereocenters. The number of rotatable bonds is 5. The Hall–Kier alpha value is -2.00. The lowest BCUT2D eigenvalue weighted by molar-refractivity contribution is -0.384. The van der Waals surface area contributed by atoms with Crippen LogP contribution in [0.4, 0.5) is 17.5 Å². The fourth-order valence-electron chi connectivity index (χ4n) is 1.50. The van der Waals surface area contributed by atoms with Crippen molar-refractivity contribution in [3.05, 3.63) is 16.3 Å². The van der Waals surface area contributed by atoms with Crippen molar-refractivity contribution in [1.29, 1.82) is 0 Å². The Morgan fingerprint density at radius 1 is 1.67 bits per heavy atom. The first-order chi connectivity index (χ1) is 8.24. The minimum Gasteiger partial charge on any atom is -0.389 e. The van der Waals surface area contributed by atoms with E-state index >= 15 is 0 Å². The molecule has 1 aromatic heterocycles. The van der Waals surface area contributed by atoms with Crippen LogP contribution in [0.1, 0.15) is 13.8 Å². The lowest BCUT2D eigenvalue weighted by atomic mass is 10.1. The van der Waals surface area contributed by atoms with Crippen LogP contribution in [0, 0.1) is 10.1 Å². The molecule has 1 rings (SSSR count). The summed E-state index contributed by atoms with van der Waals surface area (Å²) >= 11 is 0. The number of nitrogen functional groups attached to an aromatic ring is 1. The number of hydrazine groups is 1. The Morgan fingerprint density at radius 2 is 2.28 bits per heavy atom. The number of nitrogens with two attached hydrogens (primary N) is 1. The number of aromatic nitrogens is 2. The van der Waals surface area contributed by atoms with E-state index in [1.54, 1.807) is 20.9 Å². The summed E-state index contributed by atoms with van der Waals surface area (Å²) in [7, 11) is 1.59. The number of hydrogen-bond acceptors (Lipinski definition) is 8. The third kappa shape index (κ3) is 3.50. The van der Waals surface area contributed by atoms with Gasteiger partial charge in [0, 0.05) is 13.6 Å². The zero-order valence-electron chi connectivity index (χ0n) is 10.4. The highest BCUT2D eigenvalue weighted by Gasteiger charge is 2.24. The molecule has 0 saturated heterocycles. The Morgan fingerprint density at radius 3 is 2.72 bits per heavy atom. The van der Waals surface area contributed by atoms with Crippen LogP contribution in [0.25, 0.3) is 0 Å². The summed E-state index contributed by atoms with van der Waals surface area (Å²) in [4.78, 5) is 19.4. The third-order valence-electron chi connectivity index (χ3n) is 2.06. The highest BCUT2D eigenvalue weighted by Crippen LogP contribution is 2.25. The summed E-state index contributed by atoms with van der Waals surface area (Å²) in [6, 6.07) is 0. The normalized spacial score (nSPS) is 11.2. The van der Waals surface area contributed by atoms with Gasteiger partial charge < -0.3 is 10.0 Å². The van der Waals surface area contributed by atoms with Crippen LogP contribution in [0.3, 0.4) is 0 Å². The zero-order chi connectivity index (χ0) is 13.9. The molecule has 9 nitrogen and oxygen atoms in total. The van der Waals surface area contributed by atoms with Crippen molar-refractivity contribution in [1.82, 2.24) is 9.97 Å². The largest absolute Gasteiger partial charge is 0.389 e. The molecule has 0 aliphatic heterocycles. The molecule has 1 heterocycles. The number of aliphatic hydroxyl groups is 1. The van der Waals surface area contributed by atoms with Crippen LogP contribution in [-0.4, -0.2) is 39.2 Å². The molecule has 0 saturated carbocycles. The quantitative estimate of drug-likeness (QED) is 0.377. The summed E-state index contributed by atoms with van der Waals surface area (Å²) in [5.41, 5.74) is 0.958. The minimum absolute atomic E-state index is 0.0678. The van der Waals surface area contributed by atoms with E-state index in [4.69, 9.17) is 5.84 Å². The van der Waals surface area contributed by atoms with Gasteiger partial charge in [0.05, 0.1) is 10.5 Å². The second-order valence-electron chi connectivity index (χ2n) is 4.47. The van der Waals surface area contributed by atoms with Crippen molar-refractivity contribution in [3.63, 3.8) is 0 Å². The maximum Gasteiger partial charge on any atom is 0.329 e. The highest BCUT2D eigenvalue weighted by atomic mass is 16.6. The molecule has 0 aliphatic carbocycles. The number of likely N-dealkylation sites (N-methyl/N-ethyl adjacent to an activating group) is 1. The maximum atomic E-state index is 10.9. The molecule has 0 aromatic carbocycles. The second-order valence-corrected chi connectivity index (χ2v) is 4.47. The van der Waals surface area contributed by atoms with E-state index in [1.807, 2.05) is 0 Å². The van der Waals surface area contributed by atoms with Gasteiger partial charge in [0.25, 0.3) is 0 Å². The fraction of sp³-hybridized carbons (Fsp3) is 0.556. The van der Waals surface area contributed by atoms with E-state index in [9.17, 15) is 15.2 Å². The highest BCUT2D eigenvalue weighted by molar-refractivity contribution is 5.58. The molecule has 100 valence electrons. The molecule has 18 heavy (non-hydrogen) atoms. The molecule has 0 spiro atoms. The standard InChI is InChI=1S/C9H16N6O3/c1-9(2,16)5-14(3)7-6(15(17)18)4-11-8(12-7)13-10/h4,16H,5,10H2,1-3H3,(H,11,12,13). The van der Waals surface area contributed by atoms with Crippen molar-refractivity contribution in [3.8, 4) is 0 Å². The van der Waals surface area contributed by atoms with Gasteiger partial charge in [-0.05, 0) is 13.8 Å². The predicted octanol–water partition coefficient (Wildman–Crippen LogP) is -0.122. The van der Waals surface area contributed by atoms with Gasteiger partial charge >= 0.3 is 5.69 Å². The molecular weight excluding hydrogens is 240 g/mol. The van der Waals surface area contributed by atoms with E-state index in [-0.39, 0.29) is 24.0 Å². The number of nitro groups is 1. The van der Waals surface area contributed by atoms with Crippen LogP contribution in [0.2, 0.25) is 0 Å². The molecule has 0 radical (unpaired) electrons. The molecule has 0 aliphatic rings. The molecule has 0 amide bonds. The topological polar surface area (TPSA) is 130 Å². The van der Waals surface area contributed by atoms with Crippen molar-refractivity contribution in [2.75, 3.05) is 23.9 Å². The zero-order valence-corrected chi connectivity index (χ0v) is 10.4. The van der Waals surface area contributed by atoms with Gasteiger partial charge in [-0.1, -0.05) is 0 Å². The average Bonchev–Trinajstić information content (AvgIpc) is 2.25. The van der Waals surface area contributed by atoms with Crippen LogP contribution < -0.4 is 16.2 Å². The number of nitrogens with zero attached hydrogens (tertiary/aromatic N) is 4. The lowest BCUT2D eigenvalue weighted by Crippen LogP contribution is -2.37. The van der Waals surface area contributed by atoms with E-state index in [2.05, 4.69) is 15.4 Å². The predicted molar refractivity (Wildman–Crippen MR) is 66.1 cm³/mol. The van der Waals surface area contributed by atoms with Crippen LogP contribution >= 0.6 is 0 Å². The summed E-state index contributed by atoms with van der Waals surface area (Å²) in [5.74, 6) is 5.32. The van der Waals surface area contributed by atoms with E-state index in [0.717, 1.165) is 6.20 Å². The van der Waals surface area contributed by atoms with Gasteiger partial charge in [-0.15, -0.1) is 0 Å². The molecule has 9 heteroatoms. The van der Waals surface area contributed by atoms with Gasteiger partial charge in [0.1, 0.15) is 6.20 Å². The number of nitrogens with one attached hydrogen (secondary N) is 1. The lowest BCUT2D eigenvalue weighted by Gasteiger charge is -2.26. The maximum absolute atomic E-state index is 10.9. The summed E-state index contributed by atoms with van der Waals surface area (Å²) in [6.07, 6.45) is 1.07.